The molecule has 0 heterocycles. The van der Waals surface area contributed by atoms with Gasteiger partial charge in [0.15, 0.2) is 0 Å². The van der Waals surface area contributed by atoms with Crippen LogP contribution in [-0.4, -0.2) is 11.0 Å². The number of hydrogen-bond acceptors (Lipinski definition) is 0. The number of hydrogen-bond donors (Lipinski definition) is 0. The summed E-state index contributed by atoms with van der Waals surface area (Å²) in [5.74, 6) is 0. The van der Waals surface area contributed by atoms with Crippen LogP contribution in [0.5, 0.6) is 0 Å². The van der Waals surface area contributed by atoms with E-state index in [4.69, 9.17) is 0 Å². The minimum absolute atomic E-state index is 0. The molecule has 0 unspecified atom stereocenters. The average Bonchev–Trinajstić information content (AvgIpc) is 0. The smallest absolute Gasteiger partial charge is 0 e. The third kappa shape index (κ3) is 24.6. The fourth-order valence-corrected chi connectivity index (χ4v) is 0. The van der Waals surface area contributed by atoms with Gasteiger partial charge in [-0.1, -0.05) is 7.43 Å². The minimum atomic E-state index is 0. The van der Waals surface area contributed by atoms with Crippen molar-refractivity contribution in [1.29, 1.82) is 0 Å². The second-order valence-corrected chi connectivity index (χ2v) is 0. The van der Waals surface area contributed by atoms with Crippen molar-refractivity contribution in [3.63, 3.8) is 0 Å². The van der Waals surface area contributed by atoms with E-state index in [2.05, 4.69) is 0 Å². The normalized spacial score (nSPS) is 0. The molecule has 0 aliphatic carbocycles. The zero-order valence-corrected chi connectivity index (χ0v) is 6.90. The van der Waals surface area contributed by atoms with E-state index in [1.54, 1.807) is 0 Å². The third-order valence-corrected chi connectivity index (χ3v) is 0. The summed E-state index contributed by atoms with van der Waals surface area (Å²) in [7, 11) is 0. The maximum Gasteiger partial charge on any atom is 0 e. The topological polar surface area (TPSA) is 0 Å². The summed E-state index contributed by atoms with van der Waals surface area (Å²) in [5.41, 5.74) is 0. The first-order valence-electron chi connectivity index (χ1n) is 0. The van der Waals surface area contributed by atoms with Crippen LogP contribution in [-0.2, 0) is 54.9 Å². The van der Waals surface area contributed by atoms with E-state index < -0.39 is 0 Å². The van der Waals surface area contributed by atoms with E-state index in [-0.39, 0.29) is 73.3 Å². The summed E-state index contributed by atoms with van der Waals surface area (Å²) in [6, 6.07) is 0. The molecule has 0 saturated heterocycles. The molecule has 0 nitrogen and oxygen atoms in total. The summed E-state index contributed by atoms with van der Waals surface area (Å²) < 4.78 is 0. The first-order valence-corrected chi connectivity index (χ1v) is 0. The van der Waals surface area contributed by atoms with Crippen LogP contribution >= 0.6 is 0 Å². The van der Waals surface area contributed by atoms with Gasteiger partial charge in [0.05, 0.1) is 0 Å². The fourth-order valence-electron chi connectivity index (χ4n) is 0. The van der Waals surface area contributed by atoms with Gasteiger partial charge < -0.3 is 0 Å². The third-order valence-electron chi connectivity index (χ3n) is 0. The molecule has 0 saturated carbocycles. The van der Waals surface area contributed by atoms with Crippen LogP contribution in [0, 0.1) is 0 Å². The largest absolute Gasteiger partial charge is 0.0776 e. The summed E-state index contributed by atoms with van der Waals surface area (Å²) >= 11 is 0. The van der Waals surface area contributed by atoms with Crippen molar-refractivity contribution in [1.82, 2.24) is 0 Å². The van der Waals surface area contributed by atoms with Gasteiger partial charge in [-0.25, -0.2) is 0 Å². The fraction of sp³-hybridized carbons (Fsp3) is 1.00. The van der Waals surface area contributed by atoms with Crippen LogP contribution in [0.25, 0.3) is 0 Å². The predicted molar refractivity (Wildman–Crippen MR) is 12.5 cm³/mol. The zero-order chi connectivity index (χ0) is 0. The molecule has 0 aromatic rings. The standard InChI is InChI=1S/CH4.Cr.Mo.Ni.Si/h1H4;;;;. The summed E-state index contributed by atoms with van der Waals surface area (Å²) in [4.78, 5) is 0. The Bertz CT molecular complexity index is 11.6. The zero-order valence-electron chi connectivity index (χ0n) is 1.63. The first-order chi connectivity index (χ1) is 0. The van der Waals surface area contributed by atoms with Gasteiger partial charge in [0.2, 0.25) is 0 Å². The SMILES string of the molecule is C.[Cr].[Mo].[Ni].[Si]. The molecule has 0 fully saturated rings. The molecule has 0 rings (SSSR count). The minimum Gasteiger partial charge on any atom is -0.0776 e. The second-order valence-electron chi connectivity index (χ2n) is 0. The van der Waals surface area contributed by atoms with Gasteiger partial charge in [0.25, 0.3) is 0 Å². The molecule has 0 amide bonds. The molecule has 4 radical (unpaired) electrons. The van der Waals surface area contributed by atoms with E-state index >= 15 is 0 Å². The molecular weight excluding hydrogens is 247 g/mol. The Morgan fingerprint density at radius 1 is 1.00 bits per heavy atom. The Hall–Kier alpha value is 1.93. The van der Waals surface area contributed by atoms with Gasteiger partial charge >= 0.3 is 0 Å². The van der Waals surface area contributed by atoms with Crippen molar-refractivity contribution in [3.8, 4) is 0 Å². The second kappa shape index (κ2) is 38.7. The van der Waals surface area contributed by atoms with Gasteiger partial charge in [-0.3, -0.25) is 0 Å². The van der Waals surface area contributed by atoms with Crippen molar-refractivity contribution in [3.05, 3.63) is 0 Å². The summed E-state index contributed by atoms with van der Waals surface area (Å²) in [6.07, 6.45) is 0. The maximum atomic E-state index is 0. The summed E-state index contributed by atoms with van der Waals surface area (Å²) in [6.45, 7) is 0. The molecule has 4 heteroatoms. The monoisotopic (exact) mass is 252 g/mol. The molecule has 5 heavy (non-hydrogen) atoms. The van der Waals surface area contributed by atoms with Crippen LogP contribution in [0.2, 0.25) is 0 Å². The van der Waals surface area contributed by atoms with Crippen molar-refractivity contribution in [2.45, 2.75) is 7.43 Å². The van der Waals surface area contributed by atoms with Crippen molar-refractivity contribution >= 4 is 11.0 Å². The van der Waals surface area contributed by atoms with E-state index in [1.807, 2.05) is 0 Å². The molecule has 0 spiro atoms. The van der Waals surface area contributed by atoms with E-state index in [0.717, 1.165) is 0 Å². The van der Waals surface area contributed by atoms with Crippen molar-refractivity contribution < 1.29 is 54.9 Å². The first kappa shape index (κ1) is 65.4. The van der Waals surface area contributed by atoms with Gasteiger partial charge in [-0.15, -0.1) is 0 Å². The molecule has 0 aromatic heterocycles. The Morgan fingerprint density at radius 3 is 1.00 bits per heavy atom. The van der Waals surface area contributed by atoms with Crippen molar-refractivity contribution in [2.24, 2.45) is 0 Å². The maximum absolute atomic E-state index is 0. The summed E-state index contributed by atoms with van der Waals surface area (Å²) in [5, 5.41) is 0. The van der Waals surface area contributed by atoms with Crippen LogP contribution < -0.4 is 0 Å². The van der Waals surface area contributed by atoms with E-state index in [1.165, 1.54) is 0 Å². The quantitative estimate of drug-likeness (QED) is 0.541. The Kier molecular flexibility index (Phi) is 506. The van der Waals surface area contributed by atoms with Gasteiger partial charge in [-0.05, 0) is 0 Å². The molecule has 0 aliphatic heterocycles. The van der Waals surface area contributed by atoms with Gasteiger partial charge in [-0.2, -0.15) is 0 Å². The molecule has 0 aromatic carbocycles. The molecular formula is CH4CrMoNiSi. The van der Waals surface area contributed by atoms with E-state index in [0.29, 0.717) is 0 Å². The average molecular weight is 251 g/mol. The van der Waals surface area contributed by atoms with Crippen LogP contribution in [0.3, 0.4) is 0 Å². The van der Waals surface area contributed by atoms with Crippen LogP contribution in [0.1, 0.15) is 7.43 Å². The molecule has 34 valence electrons. The predicted octanol–water partition coefficient (Wildman–Crippen LogP) is 0.248. The van der Waals surface area contributed by atoms with E-state index in [9.17, 15) is 0 Å². The van der Waals surface area contributed by atoms with Gasteiger partial charge in [0, 0.05) is 65.9 Å². The van der Waals surface area contributed by atoms with Gasteiger partial charge in [0.1, 0.15) is 0 Å². The Labute approximate surface area is 72.8 Å². The van der Waals surface area contributed by atoms with Crippen LogP contribution in [0.4, 0.5) is 0 Å². The van der Waals surface area contributed by atoms with Crippen LogP contribution in [0.15, 0.2) is 0 Å². The molecule has 0 bridgehead atoms. The Morgan fingerprint density at radius 2 is 1.00 bits per heavy atom. The molecule has 0 N–H and O–H groups in total. The molecule has 0 aliphatic rings. The number of rotatable bonds is 0. The van der Waals surface area contributed by atoms with Crippen molar-refractivity contribution in [2.75, 3.05) is 0 Å². The molecule has 0 atom stereocenters. The Balaban J connectivity index is 0.